The lowest BCUT2D eigenvalue weighted by Gasteiger charge is -2.21. The van der Waals surface area contributed by atoms with Crippen LogP contribution in [0.1, 0.15) is 32.4 Å². The first kappa shape index (κ1) is 13.5. The summed E-state index contributed by atoms with van der Waals surface area (Å²) in [6.07, 6.45) is -0.789. The largest absolute Gasteiger partial charge is 0.388 e. The van der Waals surface area contributed by atoms with Gasteiger partial charge in [0, 0.05) is 11.2 Å². The fourth-order valence-corrected chi connectivity index (χ4v) is 1.33. The molecule has 0 saturated heterocycles. The molecule has 3 N–H and O–H groups in total. The molecule has 0 aliphatic carbocycles. The molecule has 1 rings (SSSR count). The first-order valence-corrected chi connectivity index (χ1v) is 5.48. The quantitative estimate of drug-likeness (QED) is 0.737. The predicted molar refractivity (Wildman–Crippen MR) is 68.7 cm³/mol. The fraction of sp³-hybridized carbons (Fsp3) is 0.385. The third-order valence-corrected chi connectivity index (χ3v) is 2.02. The minimum atomic E-state index is -0.789. The second-order valence-electron chi connectivity index (χ2n) is 4.97. The monoisotopic (exact) mass is 235 g/mol. The molecule has 0 spiro atoms. The van der Waals surface area contributed by atoms with Crippen LogP contribution >= 0.6 is 0 Å². The highest BCUT2D eigenvalue weighted by atomic mass is 16.3. The van der Waals surface area contributed by atoms with Crippen molar-refractivity contribution in [2.24, 2.45) is 0 Å². The lowest BCUT2D eigenvalue weighted by molar-refractivity contribution is 0.226. The molecule has 1 aromatic rings. The van der Waals surface area contributed by atoms with Crippen molar-refractivity contribution < 1.29 is 9.90 Å². The summed E-state index contributed by atoms with van der Waals surface area (Å²) in [5.41, 5.74) is 1.01. The second kappa shape index (κ2) is 5.19. The smallest absolute Gasteiger partial charge is 0.319 e. The molecule has 1 radical (unpaired) electrons. The van der Waals surface area contributed by atoms with Gasteiger partial charge in [-0.3, -0.25) is 0 Å². The lowest BCUT2D eigenvalue weighted by atomic mass is 10.1. The number of hydrogen-bond donors (Lipinski definition) is 3. The van der Waals surface area contributed by atoms with E-state index < -0.39 is 6.10 Å². The van der Waals surface area contributed by atoms with Crippen LogP contribution in [-0.2, 0) is 0 Å². The van der Waals surface area contributed by atoms with Crippen LogP contribution < -0.4 is 10.6 Å². The van der Waals surface area contributed by atoms with E-state index in [2.05, 4.69) is 17.6 Å². The maximum absolute atomic E-state index is 11.6. The van der Waals surface area contributed by atoms with E-state index in [-0.39, 0.29) is 11.6 Å². The van der Waals surface area contributed by atoms with E-state index in [0.717, 1.165) is 0 Å². The van der Waals surface area contributed by atoms with Gasteiger partial charge in [0.2, 0.25) is 0 Å². The summed E-state index contributed by atoms with van der Waals surface area (Å²) in [5, 5.41) is 14.8. The third-order valence-electron chi connectivity index (χ3n) is 2.02. The number of carbonyl (C=O) groups is 1. The number of urea groups is 1. The van der Waals surface area contributed by atoms with Crippen molar-refractivity contribution in [3.05, 3.63) is 36.8 Å². The number of anilines is 1. The number of aliphatic hydroxyl groups is 1. The number of benzene rings is 1. The molecule has 0 fully saturated rings. The van der Waals surface area contributed by atoms with Crippen LogP contribution in [-0.4, -0.2) is 16.7 Å². The van der Waals surface area contributed by atoms with Crippen LogP contribution in [0.4, 0.5) is 10.5 Å². The first-order valence-electron chi connectivity index (χ1n) is 5.48. The topological polar surface area (TPSA) is 61.4 Å². The highest BCUT2D eigenvalue weighted by molar-refractivity contribution is 5.89. The Morgan fingerprint density at radius 1 is 1.41 bits per heavy atom. The van der Waals surface area contributed by atoms with Gasteiger partial charge in [-0.2, -0.15) is 0 Å². The Hall–Kier alpha value is -1.55. The zero-order chi connectivity index (χ0) is 13.1. The van der Waals surface area contributed by atoms with Gasteiger partial charge < -0.3 is 15.7 Å². The predicted octanol–water partition coefficient (Wildman–Crippen LogP) is 2.47. The maximum Gasteiger partial charge on any atom is 0.319 e. The van der Waals surface area contributed by atoms with Crippen molar-refractivity contribution in [3.8, 4) is 0 Å². The Balaban J connectivity index is 2.69. The van der Waals surface area contributed by atoms with Crippen molar-refractivity contribution in [2.75, 3.05) is 5.32 Å². The van der Waals surface area contributed by atoms with Crippen LogP contribution in [0, 0.1) is 6.92 Å². The van der Waals surface area contributed by atoms with Crippen molar-refractivity contribution in [3.63, 3.8) is 0 Å². The molecule has 4 nitrogen and oxygen atoms in total. The zero-order valence-electron chi connectivity index (χ0n) is 10.4. The second-order valence-corrected chi connectivity index (χ2v) is 4.97. The summed E-state index contributed by atoms with van der Waals surface area (Å²) in [6.45, 7) is 9.23. The van der Waals surface area contributed by atoms with Gasteiger partial charge in [0.1, 0.15) is 0 Å². The van der Waals surface area contributed by atoms with Gasteiger partial charge in [-0.25, -0.2) is 4.79 Å². The molecule has 0 aliphatic rings. The van der Waals surface area contributed by atoms with Crippen LogP contribution in [0.25, 0.3) is 0 Å². The van der Waals surface area contributed by atoms with Gasteiger partial charge in [-0.1, -0.05) is 12.1 Å². The molecule has 1 aromatic carbocycles. The Labute approximate surface area is 102 Å². The van der Waals surface area contributed by atoms with Gasteiger partial charge in [-0.05, 0) is 45.4 Å². The molecule has 17 heavy (non-hydrogen) atoms. The summed E-state index contributed by atoms with van der Waals surface area (Å²) in [5.74, 6) is 0. The van der Waals surface area contributed by atoms with E-state index in [9.17, 15) is 9.90 Å². The van der Waals surface area contributed by atoms with Crippen LogP contribution in [0.15, 0.2) is 24.3 Å². The molecular formula is C13H19N2O2. The molecule has 0 heterocycles. The molecule has 2 amide bonds. The van der Waals surface area contributed by atoms with Gasteiger partial charge in [0.15, 0.2) is 0 Å². The minimum absolute atomic E-state index is 0.270. The van der Waals surface area contributed by atoms with E-state index in [1.807, 2.05) is 20.8 Å². The zero-order valence-corrected chi connectivity index (χ0v) is 10.4. The van der Waals surface area contributed by atoms with Crippen molar-refractivity contribution in [1.29, 1.82) is 0 Å². The Morgan fingerprint density at radius 2 is 2.06 bits per heavy atom. The normalized spacial score (nSPS) is 13.0. The summed E-state index contributed by atoms with van der Waals surface area (Å²) in [7, 11) is 0. The lowest BCUT2D eigenvalue weighted by Crippen LogP contribution is -2.43. The molecular weight excluding hydrogens is 216 g/mol. The van der Waals surface area contributed by atoms with E-state index >= 15 is 0 Å². The minimum Gasteiger partial charge on any atom is -0.388 e. The number of hydrogen-bond acceptors (Lipinski definition) is 2. The molecule has 4 heteroatoms. The van der Waals surface area contributed by atoms with Gasteiger partial charge >= 0.3 is 6.03 Å². The highest BCUT2D eigenvalue weighted by Crippen LogP contribution is 2.16. The van der Waals surface area contributed by atoms with E-state index in [1.54, 1.807) is 24.3 Å². The average Bonchev–Trinajstić information content (AvgIpc) is 2.14. The third kappa shape index (κ3) is 4.87. The molecule has 0 aromatic heterocycles. The number of carbonyl (C=O) groups excluding carboxylic acids is 1. The van der Waals surface area contributed by atoms with Gasteiger partial charge in [0.05, 0.1) is 6.10 Å². The molecule has 0 saturated carbocycles. The maximum atomic E-state index is 11.6. The Bertz CT molecular complexity index is 395. The van der Waals surface area contributed by atoms with Crippen LogP contribution in [0.5, 0.6) is 0 Å². The Kier molecular flexibility index (Phi) is 4.12. The number of amides is 2. The fourth-order valence-electron chi connectivity index (χ4n) is 1.33. The van der Waals surface area contributed by atoms with E-state index in [4.69, 9.17) is 0 Å². The molecule has 93 valence electrons. The van der Waals surface area contributed by atoms with Crippen LogP contribution in [0.3, 0.4) is 0 Å². The van der Waals surface area contributed by atoms with Crippen molar-refractivity contribution >= 4 is 11.7 Å². The molecule has 1 unspecified atom stereocenters. The molecule has 0 bridgehead atoms. The summed E-state index contributed by atoms with van der Waals surface area (Å²) >= 11 is 0. The van der Waals surface area contributed by atoms with Crippen molar-refractivity contribution in [2.45, 2.75) is 32.4 Å². The first-order chi connectivity index (χ1) is 7.78. The van der Waals surface area contributed by atoms with Gasteiger partial charge in [-0.15, -0.1) is 0 Å². The number of nitrogens with one attached hydrogen (secondary N) is 2. The number of aliphatic hydroxyl groups excluding tert-OH is 1. The summed E-state index contributed by atoms with van der Waals surface area (Å²) in [6, 6.07) is 6.70. The average molecular weight is 235 g/mol. The van der Waals surface area contributed by atoms with Gasteiger partial charge in [0.25, 0.3) is 0 Å². The van der Waals surface area contributed by atoms with Crippen molar-refractivity contribution in [1.82, 2.24) is 5.32 Å². The standard InChI is InChI=1S/C13H19N2O2/c1-9(16)10-6-5-7-11(8-10)14-12(17)15-13(2,3)4/h5-9,16H,1H2,2-4H3,(H2,14,15,17). The van der Waals surface area contributed by atoms with Crippen LogP contribution in [0.2, 0.25) is 0 Å². The van der Waals surface area contributed by atoms with E-state index in [1.165, 1.54) is 0 Å². The number of rotatable bonds is 2. The Morgan fingerprint density at radius 3 is 2.59 bits per heavy atom. The summed E-state index contributed by atoms with van der Waals surface area (Å²) < 4.78 is 0. The summed E-state index contributed by atoms with van der Waals surface area (Å²) in [4.78, 5) is 11.6. The molecule has 1 atom stereocenters. The molecule has 0 aliphatic heterocycles. The highest BCUT2D eigenvalue weighted by Gasteiger charge is 2.13. The van der Waals surface area contributed by atoms with E-state index in [0.29, 0.717) is 11.3 Å². The SMILES string of the molecule is [CH2]C(O)c1cccc(NC(=O)NC(C)(C)C)c1.